The van der Waals surface area contributed by atoms with Crippen molar-refractivity contribution < 1.29 is 4.79 Å². The van der Waals surface area contributed by atoms with Crippen LogP contribution in [0.3, 0.4) is 0 Å². The molecule has 2 N–H and O–H groups in total. The molecule has 0 radical (unpaired) electrons. The van der Waals surface area contributed by atoms with Crippen LogP contribution < -0.4 is 5.32 Å². The van der Waals surface area contributed by atoms with Crippen molar-refractivity contribution in [1.29, 1.82) is 0 Å². The molecule has 0 saturated heterocycles. The lowest BCUT2D eigenvalue weighted by molar-refractivity contribution is 0.102. The van der Waals surface area contributed by atoms with Gasteiger partial charge in [0.15, 0.2) is 0 Å². The number of aromatic nitrogens is 1. The standard InChI is InChI=1S/C18H18N2O/c1-12(2)14-6-3-7-15(11-14)20-18(21)16-8-4-5-13-9-10-19-17(13)16/h3-12,19H,1-2H3,(H,20,21). The van der Waals surface area contributed by atoms with E-state index in [9.17, 15) is 4.79 Å². The molecular weight excluding hydrogens is 260 g/mol. The van der Waals surface area contributed by atoms with Crippen molar-refractivity contribution in [1.82, 2.24) is 4.98 Å². The van der Waals surface area contributed by atoms with Crippen LogP contribution in [0.4, 0.5) is 5.69 Å². The van der Waals surface area contributed by atoms with Crippen LogP contribution in [0, 0.1) is 0 Å². The maximum Gasteiger partial charge on any atom is 0.257 e. The first-order valence-electron chi connectivity index (χ1n) is 7.12. The monoisotopic (exact) mass is 278 g/mol. The van der Waals surface area contributed by atoms with Gasteiger partial charge in [-0.15, -0.1) is 0 Å². The Balaban J connectivity index is 1.90. The summed E-state index contributed by atoms with van der Waals surface area (Å²) in [5, 5.41) is 4.02. The van der Waals surface area contributed by atoms with Gasteiger partial charge in [-0.1, -0.05) is 38.1 Å². The minimum absolute atomic E-state index is 0.0936. The summed E-state index contributed by atoms with van der Waals surface area (Å²) in [7, 11) is 0. The zero-order chi connectivity index (χ0) is 14.8. The van der Waals surface area contributed by atoms with Crippen LogP contribution in [0.15, 0.2) is 54.7 Å². The van der Waals surface area contributed by atoms with Gasteiger partial charge < -0.3 is 10.3 Å². The fourth-order valence-corrected chi connectivity index (χ4v) is 2.45. The predicted octanol–water partition coefficient (Wildman–Crippen LogP) is 4.54. The summed E-state index contributed by atoms with van der Waals surface area (Å²) in [6, 6.07) is 15.7. The third-order valence-electron chi connectivity index (χ3n) is 3.64. The first-order chi connectivity index (χ1) is 10.1. The van der Waals surface area contributed by atoms with E-state index in [0.717, 1.165) is 16.6 Å². The number of carbonyl (C=O) groups excluding carboxylic acids is 1. The van der Waals surface area contributed by atoms with Crippen LogP contribution in [-0.4, -0.2) is 10.9 Å². The first kappa shape index (κ1) is 13.4. The summed E-state index contributed by atoms with van der Waals surface area (Å²) in [6.07, 6.45) is 1.85. The molecule has 0 fully saturated rings. The summed E-state index contributed by atoms with van der Waals surface area (Å²) in [4.78, 5) is 15.6. The van der Waals surface area contributed by atoms with Crippen molar-refractivity contribution in [3.8, 4) is 0 Å². The summed E-state index contributed by atoms with van der Waals surface area (Å²) < 4.78 is 0. The number of amides is 1. The van der Waals surface area contributed by atoms with Gasteiger partial charge >= 0.3 is 0 Å². The van der Waals surface area contributed by atoms with Gasteiger partial charge in [-0.05, 0) is 35.7 Å². The van der Waals surface area contributed by atoms with Crippen LogP contribution in [0.5, 0.6) is 0 Å². The second kappa shape index (κ2) is 5.44. The average Bonchev–Trinajstić information content (AvgIpc) is 2.95. The van der Waals surface area contributed by atoms with E-state index in [0.29, 0.717) is 11.5 Å². The highest BCUT2D eigenvalue weighted by Crippen LogP contribution is 2.21. The molecule has 2 aromatic carbocycles. The van der Waals surface area contributed by atoms with E-state index in [1.54, 1.807) is 0 Å². The van der Waals surface area contributed by atoms with Crippen molar-refractivity contribution in [3.63, 3.8) is 0 Å². The molecule has 1 heterocycles. The smallest absolute Gasteiger partial charge is 0.257 e. The van der Waals surface area contributed by atoms with E-state index in [2.05, 4.69) is 30.2 Å². The molecule has 0 aliphatic heterocycles. The molecule has 0 atom stereocenters. The van der Waals surface area contributed by atoms with Gasteiger partial charge in [0.25, 0.3) is 5.91 Å². The van der Waals surface area contributed by atoms with E-state index >= 15 is 0 Å². The molecule has 106 valence electrons. The molecule has 3 nitrogen and oxygen atoms in total. The molecule has 0 bridgehead atoms. The van der Waals surface area contributed by atoms with Crippen molar-refractivity contribution >= 4 is 22.5 Å². The maximum absolute atomic E-state index is 12.5. The van der Waals surface area contributed by atoms with Gasteiger partial charge in [0, 0.05) is 17.3 Å². The Morgan fingerprint density at radius 2 is 1.90 bits per heavy atom. The van der Waals surface area contributed by atoms with E-state index in [1.165, 1.54) is 5.56 Å². The largest absolute Gasteiger partial charge is 0.361 e. The molecule has 21 heavy (non-hydrogen) atoms. The number of rotatable bonds is 3. The maximum atomic E-state index is 12.5. The molecule has 3 aromatic rings. The first-order valence-corrected chi connectivity index (χ1v) is 7.12. The summed E-state index contributed by atoms with van der Waals surface area (Å²) in [6.45, 7) is 4.28. The number of H-pyrrole nitrogens is 1. The SMILES string of the molecule is CC(C)c1cccc(NC(=O)c2cccc3cc[nH]c23)c1. The Morgan fingerprint density at radius 3 is 2.71 bits per heavy atom. The number of aromatic amines is 1. The summed E-state index contributed by atoms with van der Waals surface area (Å²) >= 11 is 0. The fourth-order valence-electron chi connectivity index (χ4n) is 2.45. The Labute approximate surface area is 124 Å². The average molecular weight is 278 g/mol. The highest BCUT2D eigenvalue weighted by atomic mass is 16.1. The van der Waals surface area contributed by atoms with Crippen molar-refractivity contribution in [2.75, 3.05) is 5.32 Å². The third kappa shape index (κ3) is 2.68. The minimum Gasteiger partial charge on any atom is -0.361 e. The van der Waals surface area contributed by atoms with E-state index in [4.69, 9.17) is 0 Å². The molecule has 0 aliphatic carbocycles. The molecule has 0 saturated carbocycles. The second-order valence-electron chi connectivity index (χ2n) is 5.48. The molecule has 3 heteroatoms. The van der Waals surface area contributed by atoms with Gasteiger partial charge in [-0.3, -0.25) is 4.79 Å². The van der Waals surface area contributed by atoms with Crippen LogP contribution in [0.2, 0.25) is 0 Å². The number of hydrogen-bond donors (Lipinski definition) is 2. The Morgan fingerprint density at radius 1 is 1.10 bits per heavy atom. The predicted molar refractivity (Wildman–Crippen MR) is 86.8 cm³/mol. The topological polar surface area (TPSA) is 44.9 Å². The van der Waals surface area contributed by atoms with Crippen LogP contribution >= 0.6 is 0 Å². The number of carbonyl (C=O) groups is 1. The van der Waals surface area contributed by atoms with Crippen LogP contribution in [0.1, 0.15) is 35.7 Å². The zero-order valence-corrected chi connectivity index (χ0v) is 12.2. The third-order valence-corrected chi connectivity index (χ3v) is 3.64. The Hall–Kier alpha value is -2.55. The Kier molecular flexibility index (Phi) is 3.48. The lowest BCUT2D eigenvalue weighted by Gasteiger charge is -2.10. The highest BCUT2D eigenvalue weighted by Gasteiger charge is 2.11. The lowest BCUT2D eigenvalue weighted by Crippen LogP contribution is -2.12. The number of benzene rings is 2. The molecule has 0 spiro atoms. The normalized spacial score (nSPS) is 11.0. The lowest BCUT2D eigenvalue weighted by atomic mass is 10.0. The highest BCUT2D eigenvalue weighted by molar-refractivity contribution is 6.12. The molecule has 1 amide bonds. The van der Waals surface area contributed by atoms with E-state index < -0.39 is 0 Å². The second-order valence-corrected chi connectivity index (χ2v) is 5.48. The fraction of sp³-hybridized carbons (Fsp3) is 0.167. The van der Waals surface area contributed by atoms with Gasteiger partial charge in [0.05, 0.1) is 11.1 Å². The summed E-state index contributed by atoms with van der Waals surface area (Å²) in [5.41, 5.74) is 3.57. The van der Waals surface area contributed by atoms with Crippen LogP contribution in [0.25, 0.3) is 10.9 Å². The van der Waals surface area contributed by atoms with Crippen molar-refractivity contribution in [3.05, 3.63) is 65.9 Å². The number of para-hydroxylation sites is 1. The summed E-state index contributed by atoms with van der Waals surface area (Å²) in [5.74, 6) is 0.345. The van der Waals surface area contributed by atoms with Gasteiger partial charge in [-0.2, -0.15) is 0 Å². The van der Waals surface area contributed by atoms with E-state index in [-0.39, 0.29) is 5.91 Å². The molecule has 0 unspecified atom stereocenters. The molecule has 0 aliphatic rings. The number of hydrogen-bond acceptors (Lipinski definition) is 1. The zero-order valence-electron chi connectivity index (χ0n) is 12.2. The van der Waals surface area contributed by atoms with E-state index in [1.807, 2.05) is 48.7 Å². The van der Waals surface area contributed by atoms with Crippen molar-refractivity contribution in [2.24, 2.45) is 0 Å². The Bertz CT molecular complexity index is 787. The number of nitrogens with one attached hydrogen (secondary N) is 2. The molecule has 1 aromatic heterocycles. The quantitative estimate of drug-likeness (QED) is 0.725. The molecular formula is C18H18N2O. The number of fused-ring (bicyclic) bond motifs is 1. The van der Waals surface area contributed by atoms with Gasteiger partial charge in [0.1, 0.15) is 0 Å². The van der Waals surface area contributed by atoms with Gasteiger partial charge in [0.2, 0.25) is 0 Å². The van der Waals surface area contributed by atoms with Crippen molar-refractivity contribution in [2.45, 2.75) is 19.8 Å². The minimum atomic E-state index is -0.0936. The molecule has 3 rings (SSSR count). The number of anilines is 1. The van der Waals surface area contributed by atoms with Gasteiger partial charge in [-0.25, -0.2) is 0 Å². The van der Waals surface area contributed by atoms with Crippen LogP contribution in [-0.2, 0) is 0 Å².